The lowest BCUT2D eigenvalue weighted by atomic mass is 10.1. The second-order valence-corrected chi connectivity index (χ2v) is 4.91. The van der Waals surface area contributed by atoms with Crippen LogP contribution < -0.4 is 0 Å². The van der Waals surface area contributed by atoms with Crippen molar-refractivity contribution in [2.75, 3.05) is 26.2 Å². The topological polar surface area (TPSA) is 36.3 Å². The van der Waals surface area contributed by atoms with Crippen molar-refractivity contribution < 1.29 is 4.74 Å². The van der Waals surface area contributed by atoms with Crippen LogP contribution in [0.2, 0.25) is 0 Å². The molecule has 0 saturated carbocycles. The summed E-state index contributed by atoms with van der Waals surface area (Å²) in [5.41, 5.74) is -0.438. The number of ether oxygens (including phenoxy) is 1. The molecule has 94 valence electrons. The fraction of sp³-hybridized carbons (Fsp3) is 0.786. The number of nitrogens with zero attached hydrogens (tertiary/aromatic N) is 2. The Kier molecular flexibility index (Phi) is 6.05. The van der Waals surface area contributed by atoms with Crippen LogP contribution in [0.15, 0.2) is 0 Å². The third kappa shape index (κ3) is 6.31. The van der Waals surface area contributed by atoms with Crippen LogP contribution in [0, 0.1) is 23.2 Å². The first kappa shape index (κ1) is 14.0. The standard InChI is InChI=1S/C14H22N2O/c1-14(2,17-13-7-9-15)8-6-12-16-10-4-3-5-11-16/h3-5,7,10-13H2,1-2H3. The molecule has 1 rings (SSSR count). The molecule has 0 spiro atoms. The predicted molar refractivity (Wildman–Crippen MR) is 68.3 cm³/mol. The maximum absolute atomic E-state index is 8.44. The van der Waals surface area contributed by atoms with Crippen molar-refractivity contribution in [2.24, 2.45) is 0 Å². The largest absolute Gasteiger partial charge is 0.362 e. The molecule has 0 amide bonds. The molecule has 0 aliphatic carbocycles. The van der Waals surface area contributed by atoms with Crippen LogP contribution in [0.5, 0.6) is 0 Å². The molecule has 0 aromatic rings. The van der Waals surface area contributed by atoms with Crippen molar-refractivity contribution in [1.82, 2.24) is 4.90 Å². The summed E-state index contributed by atoms with van der Waals surface area (Å²) in [7, 11) is 0. The Morgan fingerprint density at radius 3 is 2.59 bits per heavy atom. The van der Waals surface area contributed by atoms with Crippen LogP contribution in [0.3, 0.4) is 0 Å². The molecule has 3 nitrogen and oxygen atoms in total. The van der Waals surface area contributed by atoms with Crippen LogP contribution in [0.25, 0.3) is 0 Å². The molecule has 0 bridgehead atoms. The highest BCUT2D eigenvalue weighted by atomic mass is 16.5. The fourth-order valence-corrected chi connectivity index (χ4v) is 1.87. The Morgan fingerprint density at radius 2 is 1.94 bits per heavy atom. The number of hydrogen-bond acceptors (Lipinski definition) is 3. The first-order valence-electron chi connectivity index (χ1n) is 6.37. The van der Waals surface area contributed by atoms with E-state index >= 15 is 0 Å². The van der Waals surface area contributed by atoms with Crippen molar-refractivity contribution in [3.05, 3.63) is 0 Å². The number of hydrogen-bond donors (Lipinski definition) is 0. The second kappa shape index (κ2) is 7.33. The van der Waals surface area contributed by atoms with Gasteiger partial charge in [0, 0.05) is 0 Å². The number of piperidine rings is 1. The van der Waals surface area contributed by atoms with Gasteiger partial charge in [-0.25, -0.2) is 0 Å². The van der Waals surface area contributed by atoms with Gasteiger partial charge in [-0.15, -0.1) is 0 Å². The molecule has 0 unspecified atom stereocenters. The van der Waals surface area contributed by atoms with Gasteiger partial charge in [-0.3, -0.25) is 4.90 Å². The van der Waals surface area contributed by atoms with Crippen LogP contribution >= 0.6 is 0 Å². The van der Waals surface area contributed by atoms with E-state index in [1.807, 2.05) is 13.8 Å². The van der Waals surface area contributed by atoms with Gasteiger partial charge in [0.05, 0.1) is 25.6 Å². The zero-order valence-corrected chi connectivity index (χ0v) is 11.0. The van der Waals surface area contributed by atoms with E-state index in [1.165, 1.54) is 32.4 Å². The number of nitriles is 1. The first-order chi connectivity index (χ1) is 8.14. The molecular formula is C14H22N2O. The smallest absolute Gasteiger partial charge is 0.123 e. The summed E-state index contributed by atoms with van der Waals surface area (Å²) in [6, 6.07) is 2.07. The van der Waals surface area contributed by atoms with Crippen LogP contribution in [0.1, 0.15) is 39.5 Å². The third-order valence-electron chi connectivity index (χ3n) is 2.82. The summed E-state index contributed by atoms with van der Waals surface area (Å²) in [4.78, 5) is 2.39. The summed E-state index contributed by atoms with van der Waals surface area (Å²) in [6.45, 7) is 7.54. The van der Waals surface area contributed by atoms with Gasteiger partial charge in [-0.2, -0.15) is 5.26 Å². The summed E-state index contributed by atoms with van der Waals surface area (Å²) in [5.74, 6) is 6.33. The quantitative estimate of drug-likeness (QED) is 0.552. The van der Waals surface area contributed by atoms with Crippen molar-refractivity contribution in [3.8, 4) is 17.9 Å². The Bertz CT molecular complexity index is 313. The average Bonchev–Trinajstić information content (AvgIpc) is 2.30. The van der Waals surface area contributed by atoms with E-state index in [-0.39, 0.29) is 0 Å². The minimum absolute atomic E-state index is 0.428. The maximum atomic E-state index is 8.44. The molecule has 3 heteroatoms. The van der Waals surface area contributed by atoms with E-state index in [2.05, 4.69) is 22.8 Å². The lowest BCUT2D eigenvalue weighted by Crippen LogP contribution is -2.30. The highest BCUT2D eigenvalue weighted by Gasteiger charge is 2.14. The van der Waals surface area contributed by atoms with Crippen LogP contribution in [-0.2, 0) is 4.74 Å². The van der Waals surface area contributed by atoms with Gasteiger partial charge in [0.15, 0.2) is 0 Å². The minimum Gasteiger partial charge on any atom is -0.362 e. The van der Waals surface area contributed by atoms with E-state index in [0.717, 1.165) is 6.54 Å². The molecule has 0 aromatic carbocycles. The highest BCUT2D eigenvalue weighted by Crippen LogP contribution is 2.09. The Labute approximate surface area is 105 Å². The number of rotatable bonds is 4. The predicted octanol–water partition coefficient (Wildman–Crippen LogP) is 2.18. The molecule has 0 atom stereocenters. The van der Waals surface area contributed by atoms with Crippen molar-refractivity contribution in [3.63, 3.8) is 0 Å². The van der Waals surface area contributed by atoms with Gasteiger partial charge in [-0.1, -0.05) is 18.3 Å². The van der Waals surface area contributed by atoms with Crippen LogP contribution in [-0.4, -0.2) is 36.7 Å². The van der Waals surface area contributed by atoms with Crippen molar-refractivity contribution >= 4 is 0 Å². The second-order valence-electron chi connectivity index (χ2n) is 4.91. The van der Waals surface area contributed by atoms with Gasteiger partial charge in [0.2, 0.25) is 0 Å². The van der Waals surface area contributed by atoms with Crippen molar-refractivity contribution in [1.29, 1.82) is 5.26 Å². The Balaban J connectivity index is 2.28. The summed E-state index contributed by atoms with van der Waals surface area (Å²) in [6.07, 6.45) is 4.37. The fourth-order valence-electron chi connectivity index (χ4n) is 1.87. The van der Waals surface area contributed by atoms with Gasteiger partial charge in [-0.05, 0) is 39.8 Å². The first-order valence-corrected chi connectivity index (χ1v) is 6.37. The lowest BCUT2D eigenvalue weighted by Gasteiger charge is -2.24. The maximum Gasteiger partial charge on any atom is 0.123 e. The molecule has 0 aromatic heterocycles. The van der Waals surface area contributed by atoms with E-state index < -0.39 is 5.60 Å². The van der Waals surface area contributed by atoms with Crippen molar-refractivity contribution in [2.45, 2.75) is 45.1 Å². The summed E-state index contributed by atoms with van der Waals surface area (Å²) in [5, 5.41) is 8.44. The SMILES string of the molecule is CC(C)(C#CCN1CCCCC1)OCCC#N. The molecule has 0 N–H and O–H groups in total. The van der Waals surface area contributed by atoms with E-state index in [4.69, 9.17) is 10.00 Å². The molecular weight excluding hydrogens is 212 g/mol. The molecule has 1 heterocycles. The summed E-state index contributed by atoms with van der Waals surface area (Å²) < 4.78 is 5.54. The zero-order chi connectivity index (χ0) is 12.6. The van der Waals surface area contributed by atoms with Gasteiger partial charge < -0.3 is 4.74 Å². The molecule has 1 aliphatic heterocycles. The molecule has 1 aliphatic rings. The van der Waals surface area contributed by atoms with Gasteiger partial charge in [0.25, 0.3) is 0 Å². The van der Waals surface area contributed by atoms with Crippen LogP contribution in [0.4, 0.5) is 0 Å². The monoisotopic (exact) mass is 234 g/mol. The van der Waals surface area contributed by atoms with E-state index in [1.54, 1.807) is 0 Å². The number of likely N-dealkylation sites (tertiary alicyclic amines) is 1. The molecule has 1 fully saturated rings. The Morgan fingerprint density at radius 1 is 1.24 bits per heavy atom. The highest BCUT2D eigenvalue weighted by molar-refractivity contribution is 5.12. The molecule has 1 saturated heterocycles. The van der Waals surface area contributed by atoms with E-state index in [0.29, 0.717) is 13.0 Å². The van der Waals surface area contributed by atoms with Gasteiger partial charge in [0.1, 0.15) is 5.60 Å². The summed E-state index contributed by atoms with van der Waals surface area (Å²) >= 11 is 0. The molecule has 0 radical (unpaired) electrons. The third-order valence-corrected chi connectivity index (χ3v) is 2.82. The Hall–Kier alpha value is -1.03. The minimum atomic E-state index is -0.438. The lowest BCUT2D eigenvalue weighted by molar-refractivity contribution is 0.0306. The zero-order valence-electron chi connectivity index (χ0n) is 11.0. The average molecular weight is 234 g/mol. The van der Waals surface area contributed by atoms with Gasteiger partial charge >= 0.3 is 0 Å². The molecule has 17 heavy (non-hydrogen) atoms. The normalized spacial score (nSPS) is 17.0. The van der Waals surface area contributed by atoms with E-state index in [9.17, 15) is 0 Å².